The van der Waals surface area contributed by atoms with Crippen molar-refractivity contribution >= 4 is 60.7 Å². The number of hydrogen-bond donors (Lipinski definition) is 0. The summed E-state index contributed by atoms with van der Waals surface area (Å²) in [7, 11) is 0. The van der Waals surface area contributed by atoms with Crippen molar-refractivity contribution in [2.75, 3.05) is 4.90 Å². The van der Waals surface area contributed by atoms with Gasteiger partial charge in [0.25, 0.3) is 0 Å². The number of hydrogen-bond acceptors (Lipinski definition) is 3. The third-order valence-corrected chi connectivity index (χ3v) is 12.2. The van der Waals surface area contributed by atoms with Crippen molar-refractivity contribution in [2.45, 2.75) is 0 Å². The predicted octanol–water partition coefficient (Wildman–Crippen LogP) is 16.2. The monoisotopic (exact) mass is 805 g/mol. The molecule has 12 aromatic rings. The Hall–Kier alpha value is -8.47. The number of rotatable bonds is 8. The minimum Gasteiger partial charge on any atom is -0.434 e. The Bertz CT molecular complexity index is 3630. The largest absolute Gasteiger partial charge is 0.434 e. The van der Waals surface area contributed by atoms with Gasteiger partial charge >= 0.3 is 0 Å². The number of anilines is 3. The van der Waals surface area contributed by atoms with Gasteiger partial charge in [-0.1, -0.05) is 170 Å². The van der Waals surface area contributed by atoms with Crippen molar-refractivity contribution in [2.24, 2.45) is 0 Å². The van der Waals surface area contributed by atoms with E-state index in [9.17, 15) is 0 Å². The van der Waals surface area contributed by atoms with Gasteiger partial charge in [0.2, 0.25) is 5.89 Å². The van der Waals surface area contributed by atoms with Crippen LogP contribution < -0.4 is 4.90 Å². The minimum absolute atomic E-state index is 0.590. The Morgan fingerprint density at radius 2 is 0.984 bits per heavy atom. The van der Waals surface area contributed by atoms with E-state index in [1.54, 1.807) is 0 Å². The van der Waals surface area contributed by atoms with E-state index >= 15 is 0 Å². The second kappa shape index (κ2) is 15.2. The summed E-state index contributed by atoms with van der Waals surface area (Å²) >= 11 is 0. The second-order valence-electron chi connectivity index (χ2n) is 15.9. The van der Waals surface area contributed by atoms with E-state index in [0.717, 1.165) is 61.6 Å². The maximum absolute atomic E-state index is 6.72. The molecule has 0 radical (unpaired) electrons. The fourth-order valence-corrected chi connectivity index (χ4v) is 9.29. The Morgan fingerprint density at radius 1 is 0.397 bits per heavy atom. The normalized spacial score (nSPS) is 11.5. The first-order valence-electron chi connectivity index (χ1n) is 21.4. The molecule has 4 nitrogen and oxygen atoms in total. The SMILES string of the molecule is c1ccc(-c2nc3cccc(N(c4cccc(-c5ccc6c7ccc8ccccc8c7n(-c7ccccc7)c6c5)c4)c4cccc(-c5ccccc5-c5ccccc5)c4)c3o2)cc1. The highest BCUT2D eigenvalue weighted by atomic mass is 16.3. The molecule has 0 saturated heterocycles. The van der Waals surface area contributed by atoms with Gasteiger partial charge in [-0.05, 0) is 105 Å². The third-order valence-electron chi connectivity index (χ3n) is 12.2. The van der Waals surface area contributed by atoms with E-state index in [4.69, 9.17) is 9.40 Å². The smallest absolute Gasteiger partial charge is 0.227 e. The van der Waals surface area contributed by atoms with Crippen LogP contribution in [0.1, 0.15) is 0 Å². The van der Waals surface area contributed by atoms with Gasteiger partial charge < -0.3 is 13.9 Å². The second-order valence-corrected chi connectivity index (χ2v) is 15.9. The molecule has 0 spiro atoms. The average molecular weight is 806 g/mol. The Labute approximate surface area is 365 Å². The van der Waals surface area contributed by atoms with Gasteiger partial charge in [0.05, 0.1) is 16.7 Å². The van der Waals surface area contributed by atoms with Crippen molar-refractivity contribution in [3.63, 3.8) is 0 Å². The summed E-state index contributed by atoms with van der Waals surface area (Å²) in [6, 6.07) is 84.1. The topological polar surface area (TPSA) is 34.2 Å². The van der Waals surface area contributed by atoms with Gasteiger partial charge in [0.1, 0.15) is 5.52 Å². The first-order chi connectivity index (χ1) is 31.2. The van der Waals surface area contributed by atoms with Crippen LogP contribution in [0.15, 0.2) is 241 Å². The Morgan fingerprint density at radius 3 is 1.76 bits per heavy atom. The molecule has 63 heavy (non-hydrogen) atoms. The molecule has 0 saturated carbocycles. The van der Waals surface area contributed by atoms with Crippen molar-refractivity contribution < 1.29 is 4.42 Å². The molecule has 2 heterocycles. The zero-order valence-corrected chi connectivity index (χ0v) is 34.3. The van der Waals surface area contributed by atoms with Gasteiger partial charge in [-0.3, -0.25) is 0 Å². The van der Waals surface area contributed by atoms with Crippen LogP contribution in [0.2, 0.25) is 0 Å². The van der Waals surface area contributed by atoms with Gasteiger partial charge in [0.15, 0.2) is 5.58 Å². The molecule has 2 aromatic heterocycles. The lowest BCUT2D eigenvalue weighted by Crippen LogP contribution is -2.10. The lowest BCUT2D eigenvalue weighted by Gasteiger charge is -2.26. The zero-order chi connectivity index (χ0) is 41.7. The van der Waals surface area contributed by atoms with Gasteiger partial charge in [-0.2, -0.15) is 0 Å². The molecule has 0 fully saturated rings. The molecule has 0 aliphatic carbocycles. The van der Waals surface area contributed by atoms with Crippen molar-refractivity contribution in [3.05, 3.63) is 237 Å². The summed E-state index contributed by atoms with van der Waals surface area (Å²) < 4.78 is 9.15. The van der Waals surface area contributed by atoms with Crippen LogP contribution in [-0.4, -0.2) is 9.55 Å². The molecular weight excluding hydrogens is 767 g/mol. The maximum Gasteiger partial charge on any atom is 0.227 e. The van der Waals surface area contributed by atoms with E-state index in [0.29, 0.717) is 5.89 Å². The molecule has 0 N–H and O–H groups in total. The molecule has 0 atom stereocenters. The van der Waals surface area contributed by atoms with Crippen molar-refractivity contribution in [3.8, 4) is 50.5 Å². The summed E-state index contributed by atoms with van der Waals surface area (Å²) in [6.07, 6.45) is 0. The molecule has 12 rings (SSSR count). The lowest BCUT2D eigenvalue weighted by molar-refractivity contribution is 0.620. The van der Waals surface area contributed by atoms with Crippen LogP contribution in [-0.2, 0) is 0 Å². The van der Waals surface area contributed by atoms with Crippen molar-refractivity contribution in [1.82, 2.24) is 9.55 Å². The number of oxazole rings is 1. The summed E-state index contributed by atoms with van der Waals surface area (Å²) in [5.41, 5.74) is 15.8. The van der Waals surface area contributed by atoms with Crippen LogP contribution in [0.4, 0.5) is 17.1 Å². The molecular formula is C59H39N3O. The molecule has 0 aliphatic heterocycles. The number of benzene rings is 10. The molecule has 10 aromatic carbocycles. The molecule has 0 unspecified atom stereocenters. The summed E-state index contributed by atoms with van der Waals surface area (Å²) in [4.78, 5) is 7.30. The van der Waals surface area contributed by atoms with E-state index in [1.807, 2.05) is 36.4 Å². The van der Waals surface area contributed by atoms with Crippen LogP contribution in [0.5, 0.6) is 0 Å². The number of aromatic nitrogens is 2. The standard InChI is InChI=1S/C59H39N3O/c1-4-17-40(18-5-1)49-28-12-13-29-50(49)45-23-15-27-48(38-45)61(55-32-16-31-54-58(55)63-59(60-54)42-20-6-2-7-21-42)47-26-14-22-43(37-47)44-34-35-52-53-36-33-41-19-10-11-30-51(41)57(53)62(56(52)39-44)46-24-8-3-9-25-46/h1-39H. The first kappa shape index (κ1) is 36.4. The zero-order valence-electron chi connectivity index (χ0n) is 34.3. The van der Waals surface area contributed by atoms with Crippen LogP contribution >= 0.6 is 0 Å². The minimum atomic E-state index is 0.590. The quantitative estimate of drug-likeness (QED) is 0.153. The third kappa shape index (κ3) is 6.36. The Kier molecular flexibility index (Phi) is 8.79. The van der Waals surface area contributed by atoms with E-state index in [2.05, 4.69) is 210 Å². The highest BCUT2D eigenvalue weighted by Crippen LogP contribution is 2.44. The van der Waals surface area contributed by atoms with E-state index < -0.39 is 0 Å². The summed E-state index contributed by atoms with van der Waals surface area (Å²) in [5.74, 6) is 0.590. The highest BCUT2D eigenvalue weighted by molar-refractivity contribution is 6.19. The predicted molar refractivity (Wildman–Crippen MR) is 262 cm³/mol. The number of fused-ring (bicyclic) bond motifs is 6. The van der Waals surface area contributed by atoms with Crippen LogP contribution in [0.25, 0.3) is 94.2 Å². The number of nitrogens with zero attached hydrogens (tertiary/aromatic N) is 3. The maximum atomic E-state index is 6.72. The van der Waals surface area contributed by atoms with Crippen LogP contribution in [0.3, 0.4) is 0 Å². The van der Waals surface area contributed by atoms with Crippen molar-refractivity contribution in [1.29, 1.82) is 0 Å². The van der Waals surface area contributed by atoms with Gasteiger partial charge in [0, 0.05) is 38.8 Å². The molecule has 4 heteroatoms. The average Bonchev–Trinajstić information content (AvgIpc) is 3.96. The van der Waals surface area contributed by atoms with Gasteiger partial charge in [-0.15, -0.1) is 0 Å². The fourth-order valence-electron chi connectivity index (χ4n) is 9.29. The number of para-hydroxylation sites is 2. The first-order valence-corrected chi connectivity index (χ1v) is 21.4. The van der Waals surface area contributed by atoms with E-state index in [-0.39, 0.29) is 0 Å². The summed E-state index contributed by atoms with van der Waals surface area (Å²) in [5, 5.41) is 4.92. The lowest BCUT2D eigenvalue weighted by atomic mass is 9.94. The fraction of sp³-hybridized carbons (Fsp3) is 0. The Balaban J connectivity index is 1.05. The molecule has 296 valence electrons. The summed E-state index contributed by atoms with van der Waals surface area (Å²) in [6.45, 7) is 0. The van der Waals surface area contributed by atoms with Gasteiger partial charge in [-0.25, -0.2) is 4.98 Å². The van der Waals surface area contributed by atoms with Crippen LogP contribution in [0, 0.1) is 0 Å². The van der Waals surface area contributed by atoms with E-state index in [1.165, 1.54) is 43.8 Å². The molecule has 0 aliphatic rings. The molecule has 0 bridgehead atoms. The molecule has 0 amide bonds. The highest BCUT2D eigenvalue weighted by Gasteiger charge is 2.22.